The first-order valence-corrected chi connectivity index (χ1v) is 4.73. The second-order valence-corrected chi connectivity index (χ2v) is 3.45. The summed E-state index contributed by atoms with van der Waals surface area (Å²) in [6, 6.07) is -0.456. The topological polar surface area (TPSA) is 32.3 Å². The summed E-state index contributed by atoms with van der Waals surface area (Å²) in [6.45, 7) is -0.959. The molecular weight excluding hydrogens is 300 g/mol. The van der Waals surface area contributed by atoms with Gasteiger partial charge in [-0.2, -0.15) is 13.2 Å². The van der Waals surface area contributed by atoms with Crippen molar-refractivity contribution in [3.05, 3.63) is 0 Å². The molecule has 1 atom stereocenters. The van der Waals surface area contributed by atoms with Crippen molar-refractivity contribution in [2.45, 2.75) is 18.6 Å². The molecule has 1 amide bonds. The van der Waals surface area contributed by atoms with E-state index in [2.05, 4.69) is 3.53 Å². The van der Waals surface area contributed by atoms with E-state index in [1.165, 1.54) is 0 Å². The Labute approximate surface area is 87.1 Å². The Morgan fingerprint density at radius 1 is 1.62 bits per heavy atom. The highest BCUT2D eigenvalue weighted by molar-refractivity contribution is 14.1. The van der Waals surface area contributed by atoms with Crippen molar-refractivity contribution in [1.82, 2.24) is 8.43 Å². The molecule has 0 bridgehead atoms. The smallest absolute Gasteiger partial charge is 0.332 e. The molecule has 0 radical (unpaired) electrons. The highest BCUT2D eigenvalue weighted by atomic mass is 127. The first kappa shape index (κ1) is 11.0. The third kappa shape index (κ3) is 2.97. The van der Waals surface area contributed by atoms with Crippen molar-refractivity contribution in [1.29, 1.82) is 0 Å². The van der Waals surface area contributed by atoms with Gasteiger partial charge in [-0.05, 0) is 6.42 Å². The maximum atomic E-state index is 11.9. The Balaban J connectivity index is 2.51. The van der Waals surface area contributed by atoms with E-state index in [1.807, 2.05) is 0 Å². The molecule has 0 aromatic carbocycles. The van der Waals surface area contributed by atoms with Crippen LogP contribution >= 0.6 is 22.9 Å². The monoisotopic (exact) mass is 308 g/mol. The van der Waals surface area contributed by atoms with Gasteiger partial charge in [0, 0.05) is 29.4 Å². The molecule has 1 aliphatic rings. The molecule has 1 N–H and O–H groups in total. The Bertz CT molecular complexity index is 209. The lowest BCUT2D eigenvalue weighted by Gasteiger charge is -2.17. The Kier molecular flexibility index (Phi) is 3.38. The largest absolute Gasteiger partial charge is 0.406 e. The highest BCUT2D eigenvalue weighted by Gasteiger charge is 2.38. The zero-order valence-corrected chi connectivity index (χ0v) is 8.72. The second-order valence-electron chi connectivity index (χ2n) is 2.83. The summed E-state index contributed by atoms with van der Waals surface area (Å²) < 4.78 is 38.3. The Hall–Kier alpha value is -0.0500. The Morgan fingerprint density at radius 2 is 2.23 bits per heavy atom. The normalized spacial score (nSPS) is 24.2. The summed E-state index contributed by atoms with van der Waals surface area (Å²) in [5.74, 6) is -0.466. The van der Waals surface area contributed by atoms with Crippen molar-refractivity contribution >= 4 is 28.8 Å². The average Bonchev–Trinajstić information content (AvgIpc) is 2.30. The van der Waals surface area contributed by atoms with Gasteiger partial charge >= 0.3 is 6.18 Å². The quantitative estimate of drug-likeness (QED) is 0.612. The summed E-state index contributed by atoms with van der Waals surface area (Å²) in [4.78, 5) is 12.0. The summed E-state index contributed by atoms with van der Waals surface area (Å²) in [7, 11) is 0. The van der Waals surface area contributed by atoms with E-state index in [9.17, 15) is 18.0 Å². The number of nitrogens with zero attached hydrogens (tertiary/aromatic N) is 1. The Morgan fingerprint density at radius 3 is 2.62 bits per heavy atom. The van der Waals surface area contributed by atoms with Crippen molar-refractivity contribution in [2.24, 2.45) is 0 Å². The first-order valence-electron chi connectivity index (χ1n) is 3.66. The molecule has 0 spiro atoms. The summed E-state index contributed by atoms with van der Waals surface area (Å²) in [6.07, 6.45) is -3.85. The number of likely N-dealkylation sites (tertiary alicyclic amines) is 1. The van der Waals surface area contributed by atoms with Crippen molar-refractivity contribution in [3.8, 4) is 0 Å². The van der Waals surface area contributed by atoms with Gasteiger partial charge in [0.15, 0.2) is 0 Å². The van der Waals surface area contributed by atoms with Crippen LogP contribution in [0.3, 0.4) is 0 Å². The standard InChI is InChI=1S/C6H8F3IN2O/c7-6(8,9)3-12-2-1-4(11-10)5(12)13/h4,11H,1-3H2. The van der Waals surface area contributed by atoms with E-state index in [4.69, 9.17) is 0 Å². The number of hydrogen-bond acceptors (Lipinski definition) is 2. The van der Waals surface area contributed by atoms with Crippen LogP contribution in [0, 0.1) is 0 Å². The van der Waals surface area contributed by atoms with Crippen LogP contribution in [0.25, 0.3) is 0 Å². The molecule has 1 rings (SSSR count). The summed E-state index contributed by atoms with van der Waals surface area (Å²) >= 11 is 1.77. The number of halogens is 4. The third-order valence-electron chi connectivity index (χ3n) is 1.80. The molecule has 1 unspecified atom stereocenters. The van der Waals surface area contributed by atoms with Gasteiger partial charge in [0.05, 0.1) is 6.04 Å². The average molecular weight is 308 g/mol. The maximum absolute atomic E-state index is 11.9. The molecule has 13 heavy (non-hydrogen) atoms. The summed E-state index contributed by atoms with van der Waals surface area (Å²) in [5.41, 5.74) is 0. The van der Waals surface area contributed by atoms with Crippen LogP contribution in [0.2, 0.25) is 0 Å². The van der Waals surface area contributed by atoms with Crippen LogP contribution < -0.4 is 3.53 Å². The van der Waals surface area contributed by atoms with Gasteiger partial charge in [-0.15, -0.1) is 0 Å². The van der Waals surface area contributed by atoms with Gasteiger partial charge in [0.25, 0.3) is 0 Å². The van der Waals surface area contributed by atoms with E-state index in [0.29, 0.717) is 6.42 Å². The van der Waals surface area contributed by atoms with Crippen molar-refractivity contribution in [2.75, 3.05) is 13.1 Å². The van der Waals surface area contributed by atoms with E-state index in [1.54, 1.807) is 22.9 Å². The van der Waals surface area contributed by atoms with E-state index < -0.39 is 24.7 Å². The highest BCUT2D eigenvalue weighted by Crippen LogP contribution is 2.20. The second kappa shape index (κ2) is 3.99. The van der Waals surface area contributed by atoms with Crippen LogP contribution in [-0.4, -0.2) is 36.1 Å². The van der Waals surface area contributed by atoms with E-state index in [0.717, 1.165) is 4.90 Å². The third-order valence-corrected chi connectivity index (χ3v) is 2.55. The molecule has 0 aromatic rings. The molecule has 1 fully saturated rings. The van der Waals surface area contributed by atoms with Crippen LogP contribution in [0.15, 0.2) is 0 Å². The fourth-order valence-electron chi connectivity index (χ4n) is 1.21. The fourth-order valence-corrected chi connectivity index (χ4v) is 1.79. The van der Waals surface area contributed by atoms with Gasteiger partial charge < -0.3 is 4.90 Å². The molecule has 76 valence electrons. The number of alkyl halides is 3. The maximum Gasteiger partial charge on any atom is 0.406 e. The number of carbonyl (C=O) groups excluding carboxylic acids is 1. The van der Waals surface area contributed by atoms with Gasteiger partial charge in [0.2, 0.25) is 5.91 Å². The number of rotatable bonds is 2. The zero-order valence-electron chi connectivity index (χ0n) is 6.57. The minimum Gasteiger partial charge on any atom is -0.332 e. The van der Waals surface area contributed by atoms with Gasteiger partial charge in [-0.1, -0.05) is 0 Å². The minimum atomic E-state index is -4.30. The number of carbonyl (C=O) groups is 1. The van der Waals surface area contributed by atoms with Gasteiger partial charge in [-0.3, -0.25) is 4.79 Å². The van der Waals surface area contributed by atoms with Gasteiger partial charge in [0.1, 0.15) is 6.54 Å². The van der Waals surface area contributed by atoms with Gasteiger partial charge in [-0.25, -0.2) is 3.53 Å². The van der Waals surface area contributed by atoms with Crippen molar-refractivity contribution < 1.29 is 18.0 Å². The lowest BCUT2D eigenvalue weighted by atomic mass is 10.3. The van der Waals surface area contributed by atoms with Crippen LogP contribution in [0.1, 0.15) is 6.42 Å². The number of nitrogens with one attached hydrogen (secondary N) is 1. The molecular formula is C6H8F3IN2O. The molecule has 0 aromatic heterocycles. The molecule has 1 aliphatic heterocycles. The van der Waals surface area contributed by atoms with E-state index in [-0.39, 0.29) is 6.54 Å². The molecule has 1 heterocycles. The predicted octanol–water partition coefficient (Wildman–Crippen LogP) is 1.09. The lowest BCUT2D eigenvalue weighted by Crippen LogP contribution is -2.39. The molecule has 1 saturated heterocycles. The molecule has 0 saturated carbocycles. The fraction of sp³-hybridized carbons (Fsp3) is 0.833. The minimum absolute atomic E-state index is 0.180. The van der Waals surface area contributed by atoms with Crippen LogP contribution in [-0.2, 0) is 4.79 Å². The molecule has 0 aliphatic carbocycles. The first-order chi connectivity index (χ1) is 5.94. The SMILES string of the molecule is O=C1C(NI)CCN1CC(F)(F)F. The van der Waals surface area contributed by atoms with Crippen molar-refractivity contribution in [3.63, 3.8) is 0 Å². The number of hydrogen-bond donors (Lipinski definition) is 1. The lowest BCUT2D eigenvalue weighted by molar-refractivity contribution is -0.157. The summed E-state index contributed by atoms with van der Waals surface area (Å²) in [5, 5.41) is 0. The molecule has 7 heteroatoms. The van der Waals surface area contributed by atoms with Crippen LogP contribution in [0.4, 0.5) is 13.2 Å². The molecule has 3 nitrogen and oxygen atoms in total. The zero-order chi connectivity index (χ0) is 10.1. The van der Waals surface area contributed by atoms with Crippen LogP contribution in [0.5, 0.6) is 0 Å². The van der Waals surface area contributed by atoms with E-state index >= 15 is 0 Å². The predicted molar refractivity (Wildman–Crippen MR) is 48.2 cm³/mol. The number of amides is 1.